The van der Waals surface area contributed by atoms with Gasteiger partial charge in [-0.3, -0.25) is 9.98 Å². The van der Waals surface area contributed by atoms with E-state index in [0.29, 0.717) is 12.0 Å². The fourth-order valence-corrected chi connectivity index (χ4v) is 5.30. The number of amidine groups is 1. The molecule has 7 heteroatoms. The molecule has 0 saturated carbocycles. The minimum absolute atomic E-state index is 0.461. The molecule has 0 atom stereocenters. The summed E-state index contributed by atoms with van der Waals surface area (Å²) in [5.74, 6) is 1.93. The highest BCUT2D eigenvalue weighted by atomic mass is 15.3. The summed E-state index contributed by atoms with van der Waals surface area (Å²) in [7, 11) is 0. The van der Waals surface area contributed by atoms with Crippen molar-refractivity contribution < 1.29 is 0 Å². The van der Waals surface area contributed by atoms with E-state index in [0.717, 1.165) is 66.3 Å². The minimum atomic E-state index is 0.461. The number of anilines is 4. The normalized spacial score (nSPS) is 19.0. The Morgan fingerprint density at radius 3 is 2.41 bits per heavy atom. The van der Waals surface area contributed by atoms with Crippen LogP contribution >= 0.6 is 0 Å². The van der Waals surface area contributed by atoms with Crippen molar-refractivity contribution in [3.8, 4) is 0 Å². The van der Waals surface area contributed by atoms with Gasteiger partial charge in [0.25, 0.3) is 0 Å². The lowest BCUT2D eigenvalue weighted by Gasteiger charge is -2.39. The van der Waals surface area contributed by atoms with Crippen LogP contribution in [-0.4, -0.2) is 47.0 Å². The van der Waals surface area contributed by atoms with E-state index in [1.54, 1.807) is 0 Å². The van der Waals surface area contributed by atoms with E-state index in [1.807, 2.05) is 24.7 Å². The van der Waals surface area contributed by atoms with E-state index >= 15 is 0 Å². The van der Waals surface area contributed by atoms with Crippen LogP contribution in [0.15, 0.2) is 60.0 Å². The van der Waals surface area contributed by atoms with Crippen molar-refractivity contribution in [2.24, 2.45) is 10.4 Å². The van der Waals surface area contributed by atoms with Gasteiger partial charge in [-0.1, -0.05) is 32.4 Å². The van der Waals surface area contributed by atoms with E-state index in [9.17, 15) is 0 Å². The molecule has 0 N–H and O–H groups in total. The average molecular weight is 454 g/mol. The summed E-state index contributed by atoms with van der Waals surface area (Å²) in [6.45, 7) is 9.09. The van der Waals surface area contributed by atoms with Crippen LogP contribution in [0.3, 0.4) is 0 Å². The number of para-hydroxylation sites is 2. The van der Waals surface area contributed by atoms with Crippen LogP contribution in [-0.2, 0) is 6.54 Å². The van der Waals surface area contributed by atoms with Gasteiger partial charge in [0.2, 0.25) is 0 Å². The Morgan fingerprint density at radius 1 is 0.912 bits per heavy atom. The SMILES string of the molecule is CCC1(C)CCN(c2cnc3c(n2)CN=C3N2CCN(c3cccnc3)c3ccccc32)CC1. The second-order valence-corrected chi connectivity index (χ2v) is 9.82. The van der Waals surface area contributed by atoms with E-state index in [-0.39, 0.29) is 0 Å². The molecule has 0 aliphatic carbocycles. The van der Waals surface area contributed by atoms with Crippen molar-refractivity contribution in [2.75, 3.05) is 40.9 Å². The average Bonchev–Trinajstić information content (AvgIpc) is 3.32. The van der Waals surface area contributed by atoms with Crippen LogP contribution < -0.4 is 14.7 Å². The summed E-state index contributed by atoms with van der Waals surface area (Å²) in [4.78, 5) is 26.2. The van der Waals surface area contributed by atoms with Crippen molar-refractivity contribution in [2.45, 2.75) is 39.7 Å². The molecular weight excluding hydrogens is 422 g/mol. The quantitative estimate of drug-likeness (QED) is 0.567. The van der Waals surface area contributed by atoms with Crippen molar-refractivity contribution in [3.05, 3.63) is 66.4 Å². The number of hydrogen-bond acceptors (Lipinski definition) is 7. The maximum absolute atomic E-state index is 5.02. The van der Waals surface area contributed by atoms with Gasteiger partial charge in [-0.2, -0.15) is 0 Å². The Bertz CT molecular complexity index is 1210. The van der Waals surface area contributed by atoms with Gasteiger partial charge in [-0.05, 0) is 42.5 Å². The molecule has 7 nitrogen and oxygen atoms in total. The predicted molar refractivity (Wildman–Crippen MR) is 137 cm³/mol. The van der Waals surface area contributed by atoms with Crippen LogP contribution in [0.1, 0.15) is 44.5 Å². The molecule has 3 aliphatic heterocycles. The number of aromatic nitrogens is 3. The van der Waals surface area contributed by atoms with Gasteiger partial charge in [-0.15, -0.1) is 0 Å². The Hall–Kier alpha value is -3.48. The molecule has 0 bridgehead atoms. The van der Waals surface area contributed by atoms with Gasteiger partial charge in [0.05, 0.1) is 41.7 Å². The topological polar surface area (TPSA) is 60.8 Å². The number of pyridine rings is 1. The van der Waals surface area contributed by atoms with Gasteiger partial charge < -0.3 is 14.7 Å². The number of fused-ring (bicyclic) bond motifs is 2. The van der Waals surface area contributed by atoms with Crippen molar-refractivity contribution in [3.63, 3.8) is 0 Å². The van der Waals surface area contributed by atoms with E-state index in [1.165, 1.54) is 19.3 Å². The first-order chi connectivity index (χ1) is 16.6. The molecule has 1 saturated heterocycles. The van der Waals surface area contributed by atoms with Crippen molar-refractivity contribution in [1.29, 1.82) is 0 Å². The fourth-order valence-electron chi connectivity index (χ4n) is 5.30. The van der Waals surface area contributed by atoms with Gasteiger partial charge >= 0.3 is 0 Å². The lowest BCUT2D eigenvalue weighted by atomic mass is 9.78. The van der Waals surface area contributed by atoms with E-state index in [2.05, 4.69) is 63.9 Å². The molecule has 1 aromatic carbocycles. The predicted octanol–water partition coefficient (Wildman–Crippen LogP) is 4.81. The maximum Gasteiger partial charge on any atom is 0.156 e. The third kappa shape index (κ3) is 3.59. The highest BCUT2D eigenvalue weighted by Gasteiger charge is 2.33. The minimum Gasteiger partial charge on any atom is -0.355 e. The van der Waals surface area contributed by atoms with Crippen LogP contribution in [0, 0.1) is 5.41 Å². The molecule has 3 aliphatic rings. The maximum atomic E-state index is 5.02. The van der Waals surface area contributed by atoms with Crippen LogP contribution in [0.25, 0.3) is 0 Å². The fraction of sp³-hybridized carbons (Fsp3) is 0.407. The molecule has 34 heavy (non-hydrogen) atoms. The van der Waals surface area contributed by atoms with Gasteiger partial charge in [0.1, 0.15) is 11.5 Å². The summed E-state index contributed by atoms with van der Waals surface area (Å²) < 4.78 is 0. The lowest BCUT2D eigenvalue weighted by Crippen LogP contribution is -2.43. The highest BCUT2D eigenvalue weighted by molar-refractivity contribution is 6.12. The summed E-state index contributed by atoms with van der Waals surface area (Å²) in [6, 6.07) is 12.6. The first kappa shape index (κ1) is 21.1. The van der Waals surface area contributed by atoms with E-state index < -0.39 is 0 Å². The highest BCUT2D eigenvalue weighted by Crippen LogP contribution is 2.39. The summed E-state index contributed by atoms with van der Waals surface area (Å²) in [5.41, 5.74) is 5.78. The lowest BCUT2D eigenvalue weighted by molar-refractivity contribution is 0.237. The Kier molecular flexibility index (Phi) is 5.20. The molecule has 1 fully saturated rings. The Labute approximate surface area is 201 Å². The van der Waals surface area contributed by atoms with Crippen LogP contribution in [0.4, 0.5) is 22.9 Å². The summed E-state index contributed by atoms with van der Waals surface area (Å²) >= 11 is 0. The van der Waals surface area contributed by atoms with Crippen LogP contribution in [0.2, 0.25) is 0 Å². The number of hydrogen-bond donors (Lipinski definition) is 0. The second-order valence-electron chi connectivity index (χ2n) is 9.82. The van der Waals surface area contributed by atoms with Gasteiger partial charge in [0, 0.05) is 32.4 Å². The second kappa shape index (κ2) is 8.38. The molecule has 3 aromatic rings. The van der Waals surface area contributed by atoms with Crippen LogP contribution in [0.5, 0.6) is 0 Å². The first-order valence-corrected chi connectivity index (χ1v) is 12.3. The molecule has 2 aromatic heterocycles. The first-order valence-electron chi connectivity index (χ1n) is 12.3. The molecule has 0 radical (unpaired) electrons. The van der Waals surface area contributed by atoms with Gasteiger partial charge in [0.15, 0.2) is 5.84 Å². The number of rotatable bonds is 3. The number of nitrogens with zero attached hydrogens (tertiary/aromatic N) is 7. The zero-order valence-corrected chi connectivity index (χ0v) is 20.0. The summed E-state index contributed by atoms with van der Waals surface area (Å²) in [5, 5.41) is 0. The van der Waals surface area contributed by atoms with Crippen molar-refractivity contribution in [1.82, 2.24) is 15.0 Å². The summed E-state index contributed by atoms with van der Waals surface area (Å²) in [6.07, 6.45) is 9.35. The standard InChI is InChI=1S/C27H31N7/c1-3-27(2)10-13-32(14-11-27)24-19-29-25-21(31-24)18-30-26(25)34-16-15-33(20-7-6-12-28-17-20)22-8-4-5-9-23(22)34/h4-9,12,17,19H,3,10-11,13-16,18H2,1-2H3. The Balaban J connectivity index is 1.26. The molecule has 0 spiro atoms. The van der Waals surface area contributed by atoms with E-state index in [4.69, 9.17) is 15.0 Å². The van der Waals surface area contributed by atoms with Crippen molar-refractivity contribution >= 4 is 28.7 Å². The number of benzene rings is 1. The Morgan fingerprint density at radius 2 is 1.68 bits per heavy atom. The molecule has 6 rings (SSSR count). The molecular formula is C27H31N7. The zero-order valence-electron chi connectivity index (χ0n) is 20.0. The molecule has 174 valence electrons. The monoisotopic (exact) mass is 453 g/mol. The third-order valence-corrected chi connectivity index (χ3v) is 7.79. The smallest absolute Gasteiger partial charge is 0.156 e. The molecule has 0 unspecified atom stereocenters. The number of aliphatic imine (C=N–C) groups is 1. The van der Waals surface area contributed by atoms with Gasteiger partial charge in [-0.25, -0.2) is 9.97 Å². The zero-order chi connectivity index (χ0) is 23.1. The number of piperidine rings is 1. The molecule has 0 amide bonds. The molecule has 5 heterocycles. The third-order valence-electron chi connectivity index (χ3n) is 7.79. The largest absolute Gasteiger partial charge is 0.355 e.